The molecular weight excluding hydrogens is 942 g/mol. The van der Waals surface area contributed by atoms with Gasteiger partial charge in [-0.2, -0.15) is 0 Å². The molecule has 6 heteroatoms. The van der Waals surface area contributed by atoms with Crippen molar-refractivity contribution in [3.05, 3.63) is 192 Å². The number of fused-ring (bicyclic) bond motifs is 2. The van der Waals surface area contributed by atoms with Gasteiger partial charge in [-0.25, -0.2) is 4.98 Å². The van der Waals surface area contributed by atoms with Crippen LogP contribution in [0.2, 0.25) is 0 Å². The molecule has 0 spiro atoms. The third kappa shape index (κ3) is 7.98. The van der Waals surface area contributed by atoms with Crippen LogP contribution < -0.4 is 4.90 Å². The molecule has 7 aromatic carbocycles. The molecule has 2 aromatic heterocycles. The summed E-state index contributed by atoms with van der Waals surface area (Å²) < 4.78 is 6.74. The van der Waals surface area contributed by atoms with E-state index in [4.69, 9.17) is 14.4 Å². The van der Waals surface area contributed by atoms with Crippen molar-refractivity contribution in [1.29, 1.82) is 0 Å². The second kappa shape index (κ2) is 16.9. The van der Waals surface area contributed by atoms with E-state index in [1.54, 1.807) is 6.07 Å². The Balaban J connectivity index is 0.00000529. The van der Waals surface area contributed by atoms with Crippen LogP contribution in [-0.4, -0.2) is 15.1 Å². The van der Waals surface area contributed by atoms with Crippen LogP contribution in [0.1, 0.15) is 76.6 Å². The molecule has 0 radical (unpaired) electrons. The van der Waals surface area contributed by atoms with Crippen molar-refractivity contribution in [1.82, 2.24) is 9.97 Å². The second-order valence-corrected chi connectivity index (χ2v) is 17.8. The predicted octanol–water partition coefficient (Wildman–Crippen LogP) is 15.1. The van der Waals surface area contributed by atoms with Crippen LogP contribution >= 0.6 is 0 Å². The van der Waals surface area contributed by atoms with E-state index in [2.05, 4.69) is 187 Å². The number of aromatic nitrogens is 2. The number of aromatic hydroxyl groups is 1. The summed E-state index contributed by atoms with van der Waals surface area (Å²) in [5.74, 6) is 0.692. The molecule has 62 heavy (non-hydrogen) atoms. The van der Waals surface area contributed by atoms with Gasteiger partial charge in [0.2, 0.25) is 5.89 Å². The number of hydrogen-bond acceptors (Lipinski definition) is 5. The third-order valence-corrected chi connectivity index (χ3v) is 11.9. The van der Waals surface area contributed by atoms with Crippen LogP contribution in [0, 0.1) is 6.07 Å². The molecule has 0 saturated carbocycles. The first-order chi connectivity index (χ1) is 29.4. The van der Waals surface area contributed by atoms with Crippen molar-refractivity contribution in [2.45, 2.75) is 65.2 Å². The molecule has 0 atom stereocenters. The van der Waals surface area contributed by atoms with Crippen molar-refractivity contribution < 1.29 is 30.6 Å². The molecule has 0 aliphatic rings. The minimum atomic E-state index is -0.253. The second-order valence-electron chi connectivity index (χ2n) is 17.8. The molecule has 312 valence electrons. The van der Waals surface area contributed by atoms with Crippen molar-refractivity contribution in [2.75, 3.05) is 4.90 Å². The number of hydrogen-bond donors (Lipinski definition) is 1. The standard InChI is InChI=1S/C56H50N3O2.Pt/c1-36(2)37-30-38(45-24-17-25-46-49(28-29-57-52(45)46)56(6,7)40-18-11-8-12-19-40)32-39(31-37)47-34-44(59(42-20-13-9-14-21-42)43-22-15-10-16-23-43)35-51-53(47)58-54(61-51)48-33-41(55(3,4)5)26-27-50(48)60;/h8-31,33-36,60H,1-7H3;/q-1;. The molecule has 0 amide bonds. The fourth-order valence-electron chi connectivity index (χ4n) is 8.40. The van der Waals surface area contributed by atoms with E-state index in [0.29, 0.717) is 22.6 Å². The average Bonchev–Trinajstić information content (AvgIpc) is 3.70. The predicted molar refractivity (Wildman–Crippen MR) is 252 cm³/mol. The Kier molecular flexibility index (Phi) is 11.5. The summed E-state index contributed by atoms with van der Waals surface area (Å²) in [6.45, 7) is 15.5. The normalized spacial score (nSPS) is 11.9. The first-order valence-electron chi connectivity index (χ1n) is 21.1. The molecule has 0 unspecified atom stereocenters. The van der Waals surface area contributed by atoms with Gasteiger partial charge < -0.3 is 14.4 Å². The van der Waals surface area contributed by atoms with Crippen LogP contribution in [0.5, 0.6) is 5.75 Å². The van der Waals surface area contributed by atoms with Crippen molar-refractivity contribution in [3.8, 4) is 39.5 Å². The summed E-state index contributed by atoms with van der Waals surface area (Å²) in [7, 11) is 0. The molecule has 5 nitrogen and oxygen atoms in total. The zero-order valence-corrected chi connectivity index (χ0v) is 38.5. The maximum absolute atomic E-state index is 11.3. The summed E-state index contributed by atoms with van der Waals surface area (Å²) in [6, 6.07) is 58.4. The molecule has 2 heterocycles. The van der Waals surface area contributed by atoms with Crippen LogP contribution in [0.25, 0.3) is 55.7 Å². The number of anilines is 3. The largest absolute Gasteiger partial charge is 0.507 e. The number of para-hydroxylation sites is 3. The topological polar surface area (TPSA) is 62.4 Å². The van der Waals surface area contributed by atoms with Crippen LogP contribution in [0.4, 0.5) is 17.1 Å². The number of oxazole rings is 1. The van der Waals surface area contributed by atoms with E-state index in [1.165, 1.54) is 16.7 Å². The van der Waals surface area contributed by atoms with Gasteiger partial charge in [-0.1, -0.05) is 157 Å². The quantitative estimate of drug-likeness (QED) is 0.146. The Morgan fingerprint density at radius 1 is 0.597 bits per heavy atom. The van der Waals surface area contributed by atoms with Crippen molar-refractivity contribution in [3.63, 3.8) is 0 Å². The fraction of sp³-hybridized carbons (Fsp3) is 0.179. The summed E-state index contributed by atoms with van der Waals surface area (Å²) in [6.07, 6.45) is 1.94. The number of phenolic OH excluding ortho intramolecular Hbond substituents is 1. The van der Waals surface area contributed by atoms with Crippen LogP contribution in [0.15, 0.2) is 168 Å². The van der Waals surface area contributed by atoms with Gasteiger partial charge in [0.1, 0.15) is 11.3 Å². The Labute approximate surface area is 379 Å². The SMILES string of the molecule is CC(C)c1cc(-c2cc(N(c3ccccc3)c3ccccc3)cc3oc(-c4cc(C(C)(C)C)ccc4O)nc23)[c-]c(-c2cccc3c(C(C)(C)c4ccccc4)ccnc23)c1.[Pt]. The van der Waals surface area contributed by atoms with Gasteiger partial charge in [0.15, 0.2) is 0 Å². The van der Waals surface area contributed by atoms with E-state index in [9.17, 15) is 5.11 Å². The van der Waals surface area contributed by atoms with Gasteiger partial charge in [-0.3, -0.25) is 4.98 Å². The van der Waals surface area contributed by atoms with Gasteiger partial charge in [0, 0.05) is 61.3 Å². The van der Waals surface area contributed by atoms with E-state index < -0.39 is 0 Å². The molecule has 1 N–H and O–H groups in total. The summed E-state index contributed by atoms with van der Waals surface area (Å²) >= 11 is 0. The minimum absolute atomic E-state index is 0. The number of benzene rings is 7. The average molecular weight is 992 g/mol. The fourth-order valence-corrected chi connectivity index (χ4v) is 8.40. The van der Waals surface area contributed by atoms with Gasteiger partial charge >= 0.3 is 0 Å². The minimum Gasteiger partial charge on any atom is -0.507 e. The number of pyridine rings is 1. The van der Waals surface area contributed by atoms with E-state index >= 15 is 0 Å². The third-order valence-electron chi connectivity index (χ3n) is 11.9. The van der Waals surface area contributed by atoms with E-state index in [1.807, 2.05) is 30.5 Å². The smallest absolute Gasteiger partial charge is 0.230 e. The van der Waals surface area contributed by atoms with Gasteiger partial charge in [-0.15, -0.1) is 34.9 Å². The molecular formula is C56H50N3O2Pt-. The zero-order valence-electron chi connectivity index (χ0n) is 36.2. The molecule has 0 aliphatic carbocycles. The van der Waals surface area contributed by atoms with E-state index in [-0.39, 0.29) is 43.6 Å². The molecule has 9 rings (SSSR count). The molecule has 0 aliphatic heterocycles. The number of phenols is 1. The zero-order chi connectivity index (χ0) is 42.5. The summed E-state index contributed by atoms with van der Waals surface area (Å²) in [5.41, 5.74) is 13.7. The number of rotatable bonds is 9. The van der Waals surface area contributed by atoms with Gasteiger partial charge in [-0.05, 0) is 75.9 Å². The Morgan fingerprint density at radius 3 is 1.85 bits per heavy atom. The Morgan fingerprint density at radius 2 is 1.23 bits per heavy atom. The Hall–Kier alpha value is -6.29. The van der Waals surface area contributed by atoms with Crippen molar-refractivity contribution in [2.24, 2.45) is 0 Å². The summed E-state index contributed by atoms with van der Waals surface area (Å²) in [5, 5.41) is 12.4. The molecule has 9 aromatic rings. The van der Waals surface area contributed by atoms with Gasteiger partial charge in [0.25, 0.3) is 0 Å². The summed E-state index contributed by atoms with van der Waals surface area (Å²) in [4.78, 5) is 12.5. The molecule has 0 bridgehead atoms. The first kappa shape index (κ1) is 42.4. The van der Waals surface area contributed by atoms with Gasteiger partial charge in [0.05, 0.1) is 11.1 Å². The molecule has 0 fully saturated rings. The molecule has 0 saturated heterocycles. The number of nitrogens with zero attached hydrogens (tertiary/aromatic N) is 3. The van der Waals surface area contributed by atoms with E-state index in [0.717, 1.165) is 55.8 Å². The van der Waals surface area contributed by atoms with Crippen LogP contribution in [0.3, 0.4) is 0 Å². The first-order valence-corrected chi connectivity index (χ1v) is 21.1. The van der Waals surface area contributed by atoms with Crippen molar-refractivity contribution >= 4 is 39.1 Å². The van der Waals surface area contributed by atoms with Crippen LogP contribution in [-0.2, 0) is 31.9 Å². The maximum atomic E-state index is 11.3. The Bertz CT molecular complexity index is 2980. The maximum Gasteiger partial charge on any atom is 0.230 e. The monoisotopic (exact) mass is 991 g/mol.